The van der Waals surface area contributed by atoms with Crippen molar-refractivity contribution in [2.24, 2.45) is 11.5 Å². The molecule has 0 bridgehead atoms. The van der Waals surface area contributed by atoms with Crippen LogP contribution >= 0.6 is 0 Å². The van der Waals surface area contributed by atoms with Crippen molar-refractivity contribution in [1.29, 1.82) is 0 Å². The molecule has 3 heteroatoms. The minimum Gasteiger partial charge on any atom is -0.352 e. The first-order valence-electron chi connectivity index (χ1n) is 2.85. The van der Waals surface area contributed by atoms with E-state index in [1.165, 1.54) is 11.1 Å². The summed E-state index contributed by atoms with van der Waals surface area (Å²) in [6.45, 7) is 0. The number of amides is 2. The summed E-state index contributed by atoms with van der Waals surface area (Å²) >= 11 is 0. The maximum atomic E-state index is 9.00. The van der Waals surface area contributed by atoms with Gasteiger partial charge in [-0.3, -0.25) is 0 Å². The van der Waals surface area contributed by atoms with Crippen molar-refractivity contribution < 1.29 is 4.79 Å². The summed E-state index contributed by atoms with van der Waals surface area (Å²) in [5, 5.41) is 0. The molecule has 2 amide bonds. The molecule has 2 aliphatic carbocycles. The molecule has 0 fully saturated rings. The molecule has 0 aromatic heterocycles. The van der Waals surface area contributed by atoms with Crippen molar-refractivity contribution in [3.63, 3.8) is 0 Å². The molecule has 0 saturated carbocycles. The number of hydrogen-bond donors (Lipinski definition) is 2. The lowest BCUT2D eigenvalue weighted by molar-refractivity contribution is 0.256. The van der Waals surface area contributed by atoms with Crippen molar-refractivity contribution in [2.75, 3.05) is 0 Å². The highest BCUT2D eigenvalue weighted by atomic mass is 16.2. The summed E-state index contributed by atoms with van der Waals surface area (Å²) in [5.41, 5.74) is 11.4. The van der Waals surface area contributed by atoms with Gasteiger partial charge in [0.2, 0.25) is 0 Å². The van der Waals surface area contributed by atoms with Crippen LogP contribution < -0.4 is 11.5 Å². The molecule has 2 aliphatic rings. The number of primary amides is 2. The molecule has 0 heterocycles. The van der Waals surface area contributed by atoms with Crippen LogP contribution in [0.2, 0.25) is 0 Å². The SMILES string of the molecule is NC(N)=O.c1cc2ccc1-2. The molecule has 4 N–H and O–H groups in total. The lowest BCUT2D eigenvalue weighted by Gasteiger charge is -2.10. The number of fused-ring (bicyclic) bond motifs is 1. The number of hydrogen-bond acceptors (Lipinski definition) is 1. The highest BCUT2D eigenvalue weighted by molar-refractivity contribution is 5.75. The molecule has 0 atom stereocenters. The molecular formula is C7H8N2O. The Morgan fingerprint density at radius 3 is 1.20 bits per heavy atom. The molecule has 3 nitrogen and oxygen atoms in total. The van der Waals surface area contributed by atoms with Gasteiger partial charge in [0.05, 0.1) is 0 Å². The van der Waals surface area contributed by atoms with Crippen LogP contribution in [0.25, 0.3) is 11.1 Å². The minimum atomic E-state index is -0.833. The molecule has 0 aromatic carbocycles. The minimum absolute atomic E-state index is 0.833. The van der Waals surface area contributed by atoms with Crippen LogP contribution in [0.5, 0.6) is 0 Å². The lowest BCUT2D eigenvalue weighted by atomic mass is 9.95. The van der Waals surface area contributed by atoms with E-state index in [1.54, 1.807) is 0 Å². The number of benzene rings is 1. The Bertz CT molecular complexity index is 215. The fourth-order valence-electron chi connectivity index (χ4n) is 0.663. The molecule has 2 rings (SSSR count). The molecule has 0 radical (unpaired) electrons. The van der Waals surface area contributed by atoms with Crippen LogP contribution in [-0.4, -0.2) is 6.03 Å². The molecule has 0 unspecified atom stereocenters. The molecule has 0 saturated heterocycles. The van der Waals surface area contributed by atoms with Gasteiger partial charge in [-0.05, 0) is 11.1 Å². The quantitative estimate of drug-likeness (QED) is 0.549. The third-order valence-corrected chi connectivity index (χ3v) is 1.22. The second kappa shape index (κ2) is 2.39. The van der Waals surface area contributed by atoms with Gasteiger partial charge < -0.3 is 11.5 Å². The molecule has 52 valence electrons. The highest BCUT2D eigenvalue weighted by Crippen LogP contribution is 2.29. The molecule has 10 heavy (non-hydrogen) atoms. The van der Waals surface area contributed by atoms with Gasteiger partial charge in [-0.1, -0.05) is 24.3 Å². The van der Waals surface area contributed by atoms with Crippen LogP contribution in [0.4, 0.5) is 4.79 Å². The lowest BCUT2D eigenvalue weighted by Crippen LogP contribution is -2.18. The number of nitrogens with two attached hydrogens (primary N) is 2. The number of carbonyl (C=O) groups excluding carboxylic acids is 1. The highest BCUT2D eigenvalue weighted by Gasteiger charge is 2.03. The Morgan fingerprint density at radius 1 is 1.00 bits per heavy atom. The van der Waals surface area contributed by atoms with E-state index in [1.807, 2.05) is 0 Å². The van der Waals surface area contributed by atoms with Gasteiger partial charge >= 0.3 is 6.03 Å². The predicted octanol–water partition coefficient (Wildman–Crippen LogP) is 0.691. The van der Waals surface area contributed by atoms with E-state index in [0.717, 1.165) is 0 Å². The second-order valence-electron chi connectivity index (χ2n) is 1.98. The summed E-state index contributed by atoms with van der Waals surface area (Å²) < 4.78 is 0. The van der Waals surface area contributed by atoms with Crippen molar-refractivity contribution >= 4 is 6.03 Å². The van der Waals surface area contributed by atoms with Crippen LogP contribution in [0.1, 0.15) is 0 Å². The molecule has 0 spiro atoms. The van der Waals surface area contributed by atoms with Crippen molar-refractivity contribution in [1.82, 2.24) is 0 Å². The van der Waals surface area contributed by atoms with E-state index in [0.29, 0.717) is 0 Å². The van der Waals surface area contributed by atoms with E-state index < -0.39 is 6.03 Å². The largest absolute Gasteiger partial charge is 0.352 e. The Balaban J connectivity index is 0.000000112. The van der Waals surface area contributed by atoms with Gasteiger partial charge in [0, 0.05) is 0 Å². The van der Waals surface area contributed by atoms with Crippen molar-refractivity contribution in [2.45, 2.75) is 0 Å². The summed E-state index contributed by atoms with van der Waals surface area (Å²) in [4.78, 5) is 9.00. The summed E-state index contributed by atoms with van der Waals surface area (Å²) in [7, 11) is 0. The standard InChI is InChI=1S/C6H4.CH4N2O/c1-2-6-4-3-5(1)6;2-1(3)4/h1-4H;(H4,2,3,4). The topological polar surface area (TPSA) is 69.1 Å². The summed E-state index contributed by atoms with van der Waals surface area (Å²) in [6, 6.07) is 7.65. The number of rotatable bonds is 0. The summed E-state index contributed by atoms with van der Waals surface area (Å²) in [6.07, 6.45) is 0. The van der Waals surface area contributed by atoms with Gasteiger partial charge in [-0.15, -0.1) is 0 Å². The first kappa shape index (κ1) is 6.61. The average molecular weight is 136 g/mol. The normalized spacial score (nSPS) is 9.20. The van der Waals surface area contributed by atoms with Crippen LogP contribution in [0.3, 0.4) is 0 Å². The number of urea groups is 1. The Labute approximate surface area is 58.6 Å². The van der Waals surface area contributed by atoms with Gasteiger partial charge in [0.15, 0.2) is 0 Å². The predicted molar refractivity (Wildman–Crippen MR) is 39.2 cm³/mol. The van der Waals surface area contributed by atoms with Gasteiger partial charge in [-0.2, -0.15) is 0 Å². The maximum Gasteiger partial charge on any atom is 0.309 e. The van der Waals surface area contributed by atoms with E-state index >= 15 is 0 Å². The smallest absolute Gasteiger partial charge is 0.309 e. The molecule has 0 aliphatic heterocycles. The molecule has 0 aromatic rings. The first-order valence-corrected chi connectivity index (χ1v) is 2.85. The zero-order valence-electron chi connectivity index (χ0n) is 5.37. The zero-order valence-corrected chi connectivity index (χ0v) is 5.37. The summed E-state index contributed by atoms with van der Waals surface area (Å²) in [5.74, 6) is 0. The second-order valence-corrected chi connectivity index (χ2v) is 1.98. The van der Waals surface area contributed by atoms with E-state index in [9.17, 15) is 0 Å². The maximum absolute atomic E-state index is 9.00. The fourth-order valence-corrected chi connectivity index (χ4v) is 0.663. The number of carbonyl (C=O) groups is 1. The van der Waals surface area contributed by atoms with E-state index in [-0.39, 0.29) is 0 Å². The van der Waals surface area contributed by atoms with Gasteiger partial charge in [0.1, 0.15) is 0 Å². The van der Waals surface area contributed by atoms with Gasteiger partial charge in [-0.25, -0.2) is 4.79 Å². The van der Waals surface area contributed by atoms with Crippen LogP contribution in [-0.2, 0) is 0 Å². The monoisotopic (exact) mass is 136 g/mol. The van der Waals surface area contributed by atoms with Crippen LogP contribution in [0.15, 0.2) is 24.3 Å². The van der Waals surface area contributed by atoms with E-state index in [2.05, 4.69) is 35.7 Å². The van der Waals surface area contributed by atoms with Crippen molar-refractivity contribution in [3.05, 3.63) is 24.3 Å². The van der Waals surface area contributed by atoms with Gasteiger partial charge in [0.25, 0.3) is 0 Å². The fraction of sp³-hybridized carbons (Fsp3) is 0. The average Bonchev–Trinajstić information content (AvgIpc) is 1.77. The third-order valence-electron chi connectivity index (χ3n) is 1.22. The third kappa shape index (κ3) is 1.25. The first-order chi connectivity index (χ1) is 4.70. The zero-order chi connectivity index (χ0) is 7.56. The van der Waals surface area contributed by atoms with Crippen molar-refractivity contribution in [3.8, 4) is 11.1 Å². The Kier molecular flexibility index (Phi) is 1.58. The van der Waals surface area contributed by atoms with Crippen LogP contribution in [0, 0.1) is 0 Å². The molecular weight excluding hydrogens is 128 g/mol. The Hall–Kier alpha value is -1.51. The van der Waals surface area contributed by atoms with E-state index in [4.69, 9.17) is 4.79 Å². The Morgan fingerprint density at radius 2 is 1.20 bits per heavy atom.